The van der Waals surface area contributed by atoms with E-state index in [1.165, 1.54) is 11.3 Å². The first-order valence-corrected chi connectivity index (χ1v) is 10.1. The van der Waals surface area contributed by atoms with Crippen molar-refractivity contribution in [2.75, 3.05) is 5.32 Å². The number of hydrogen-bond donors (Lipinski definition) is 2. The predicted octanol–water partition coefficient (Wildman–Crippen LogP) is 6.17. The zero-order valence-corrected chi connectivity index (χ0v) is 17.0. The van der Waals surface area contributed by atoms with Gasteiger partial charge in [-0.25, -0.2) is 0 Å². The van der Waals surface area contributed by atoms with Gasteiger partial charge in [-0.3, -0.25) is 4.99 Å². The number of aliphatic imine (C=N–C) groups is 1. The minimum atomic E-state index is 0.225. The van der Waals surface area contributed by atoms with E-state index >= 15 is 0 Å². The van der Waals surface area contributed by atoms with Gasteiger partial charge in [0.2, 0.25) is 5.13 Å². The SMILES string of the molecule is Oc1cccc(C=Nc2ccc(-c3nnc(Nc4ccc(Br)cc4)s3)cc2)c1. The average molecular weight is 451 g/mol. The van der Waals surface area contributed by atoms with Gasteiger partial charge in [-0.1, -0.05) is 39.4 Å². The summed E-state index contributed by atoms with van der Waals surface area (Å²) in [4.78, 5) is 4.44. The molecule has 0 radical (unpaired) electrons. The molecular formula is C21H15BrN4OS. The van der Waals surface area contributed by atoms with E-state index in [1.807, 2.05) is 54.6 Å². The summed E-state index contributed by atoms with van der Waals surface area (Å²) in [5.74, 6) is 0.225. The van der Waals surface area contributed by atoms with Crippen molar-refractivity contribution < 1.29 is 5.11 Å². The fourth-order valence-electron chi connectivity index (χ4n) is 2.49. The van der Waals surface area contributed by atoms with Crippen molar-refractivity contribution in [2.24, 2.45) is 4.99 Å². The molecule has 3 aromatic carbocycles. The molecule has 5 nitrogen and oxygen atoms in total. The standard InChI is InChI=1S/C21H15BrN4OS/c22-16-6-10-18(11-7-16)24-21-26-25-20(28-21)15-4-8-17(9-5-15)23-13-14-2-1-3-19(27)12-14/h1-13,27H,(H,24,26). The topological polar surface area (TPSA) is 70.4 Å². The second-order valence-electron chi connectivity index (χ2n) is 5.94. The van der Waals surface area contributed by atoms with Crippen LogP contribution < -0.4 is 5.32 Å². The van der Waals surface area contributed by atoms with Crippen LogP contribution in [-0.4, -0.2) is 21.5 Å². The summed E-state index contributed by atoms with van der Waals surface area (Å²) in [5, 5.41) is 22.8. The van der Waals surface area contributed by atoms with Gasteiger partial charge in [0.25, 0.3) is 0 Å². The number of nitrogens with zero attached hydrogens (tertiary/aromatic N) is 3. The molecule has 0 aliphatic heterocycles. The van der Waals surface area contributed by atoms with Crippen molar-refractivity contribution in [1.29, 1.82) is 0 Å². The number of rotatable bonds is 5. The van der Waals surface area contributed by atoms with E-state index < -0.39 is 0 Å². The third-order valence-corrected chi connectivity index (χ3v) is 5.28. The summed E-state index contributed by atoms with van der Waals surface area (Å²) >= 11 is 4.92. The normalized spacial score (nSPS) is 11.0. The first-order valence-electron chi connectivity index (χ1n) is 8.45. The Balaban J connectivity index is 1.45. The molecule has 0 spiro atoms. The Hall–Kier alpha value is -3.03. The highest BCUT2D eigenvalue weighted by molar-refractivity contribution is 9.10. The summed E-state index contributed by atoms with van der Waals surface area (Å²) in [7, 11) is 0. The minimum Gasteiger partial charge on any atom is -0.508 e. The fourth-order valence-corrected chi connectivity index (χ4v) is 3.52. The molecule has 0 unspecified atom stereocenters. The van der Waals surface area contributed by atoms with Gasteiger partial charge in [0, 0.05) is 21.9 Å². The van der Waals surface area contributed by atoms with Gasteiger partial charge in [-0.05, 0) is 66.2 Å². The van der Waals surface area contributed by atoms with Crippen LogP contribution in [0.2, 0.25) is 0 Å². The number of phenolic OH excluding ortho intramolecular Hbond substituents is 1. The van der Waals surface area contributed by atoms with Crippen molar-refractivity contribution in [1.82, 2.24) is 10.2 Å². The molecule has 4 rings (SSSR count). The Kier molecular flexibility index (Phi) is 5.45. The maximum Gasteiger partial charge on any atom is 0.210 e. The lowest BCUT2D eigenvalue weighted by Crippen LogP contribution is -1.88. The Morgan fingerprint density at radius 3 is 2.50 bits per heavy atom. The zero-order chi connectivity index (χ0) is 19.3. The molecule has 0 amide bonds. The Bertz CT molecular complexity index is 1110. The zero-order valence-electron chi connectivity index (χ0n) is 14.6. The number of anilines is 2. The van der Waals surface area contributed by atoms with Gasteiger partial charge >= 0.3 is 0 Å². The van der Waals surface area contributed by atoms with Crippen LogP contribution in [0, 0.1) is 0 Å². The van der Waals surface area contributed by atoms with Crippen LogP contribution in [0.25, 0.3) is 10.6 Å². The molecule has 0 aliphatic rings. The largest absolute Gasteiger partial charge is 0.508 e. The molecule has 1 heterocycles. The number of aromatic nitrogens is 2. The molecule has 0 atom stereocenters. The summed E-state index contributed by atoms with van der Waals surface area (Å²) in [5.41, 5.74) is 3.61. The smallest absolute Gasteiger partial charge is 0.210 e. The monoisotopic (exact) mass is 450 g/mol. The third-order valence-electron chi connectivity index (χ3n) is 3.87. The highest BCUT2D eigenvalue weighted by Crippen LogP contribution is 2.29. The summed E-state index contributed by atoms with van der Waals surface area (Å²) in [6.45, 7) is 0. The van der Waals surface area contributed by atoms with Gasteiger partial charge in [0.1, 0.15) is 10.8 Å². The molecule has 138 valence electrons. The summed E-state index contributed by atoms with van der Waals surface area (Å²) in [6, 6.07) is 22.7. The molecule has 2 N–H and O–H groups in total. The molecule has 1 aromatic heterocycles. The maximum absolute atomic E-state index is 9.50. The third kappa shape index (κ3) is 4.62. The molecule has 28 heavy (non-hydrogen) atoms. The lowest BCUT2D eigenvalue weighted by molar-refractivity contribution is 0.475. The molecule has 0 aliphatic carbocycles. The van der Waals surface area contributed by atoms with Gasteiger partial charge in [-0.15, -0.1) is 10.2 Å². The molecule has 0 bridgehead atoms. The Labute approximate surface area is 174 Å². The lowest BCUT2D eigenvalue weighted by Gasteiger charge is -2.01. The van der Waals surface area contributed by atoms with Crippen LogP contribution in [0.1, 0.15) is 5.56 Å². The van der Waals surface area contributed by atoms with Crippen molar-refractivity contribution in [3.05, 3.63) is 82.8 Å². The van der Waals surface area contributed by atoms with Gasteiger partial charge in [0.05, 0.1) is 5.69 Å². The van der Waals surface area contributed by atoms with Crippen LogP contribution in [0.3, 0.4) is 0 Å². The number of nitrogens with one attached hydrogen (secondary N) is 1. The van der Waals surface area contributed by atoms with Crippen LogP contribution in [0.15, 0.2) is 82.3 Å². The highest BCUT2D eigenvalue weighted by Gasteiger charge is 2.07. The van der Waals surface area contributed by atoms with Crippen molar-refractivity contribution in [2.45, 2.75) is 0 Å². The minimum absolute atomic E-state index is 0.225. The molecule has 0 fully saturated rings. The summed E-state index contributed by atoms with van der Waals surface area (Å²) in [6.07, 6.45) is 1.72. The van der Waals surface area contributed by atoms with Gasteiger partial charge in [0.15, 0.2) is 0 Å². The number of phenols is 1. The van der Waals surface area contributed by atoms with Crippen molar-refractivity contribution >= 4 is 50.0 Å². The van der Waals surface area contributed by atoms with Crippen LogP contribution in [0.5, 0.6) is 5.75 Å². The van der Waals surface area contributed by atoms with E-state index in [0.717, 1.165) is 37.1 Å². The second-order valence-corrected chi connectivity index (χ2v) is 7.84. The van der Waals surface area contributed by atoms with E-state index in [0.29, 0.717) is 0 Å². The molecular weight excluding hydrogens is 436 g/mol. The van der Waals surface area contributed by atoms with E-state index in [9.17, 15) is 5.11 Å². The van der Waals surface area contributed by atoms with E-state index in [-0.39, 0.29) is 5.75 Å². The maximum atomic E-state index is 9.50. The van der Waals surface area contributed by atoms with Crippen LogP contribution in [0.4, 0.5) is 16.5 Å². The average Bonchev–Trinajstić information content (AvgIpc) is 3.17. The number of hydrogen-bond acceptors (Lipinski definition) is 6. The first kappa shape index (κ1) is 18.3. The van der Waals surface area contributed by atoms with Crippen LogP contribution in [-0.2, 0) is 0 Å². The number of benzene rings is 3. The quantitative estimate of drug-likeness (QED) is 0.356. The van der Waals surface area contributed by atoms with E-state index in [4.69, 9.17) is 0 Å². The van der Waals surface area contributed by atoms with Gasteiger partial charge < -0.3 is 10.4 Å². The Morgan fingerprint density at radius 1 is 0.964 bits per heavy atom. The first-order chi connectivity index (χ1) is 13.7. The number of halogens is 1. The number of aromatic hydroxyl groups is 1. The lowest BCUT2D eigenvalue weighted by atomic mass is 10.2. The van der Waals surface area contributed by atoms with E-state index in [1.54, 1.807) is 24.4 Å². The molecule has 0 saturated carbocycles. The fraction of sp³-hybridized carbons (Fsp3) is 0. The predicted molar refractivity (Wildman–Crippen MR) is 118 cm³/mol. The molecule has 7 heteroatoms. The van der Waals surface area contributed by atoms with Crippen LogP contribution >= 0.6 is 27.3 Å². The molecule has 0 saturated heterocycles. The molecule has 4 aromatic rings. The second kappa shape index (κ2) is 8.33. The Morgan fingerprint density at radius 2 is 1.75 bits per heavy atom. The van der Waals surface area contributed by atoms with Crippen molar-refractivity contribution in [3.63, 3.8) is 0 Å². The van der Waals surface area contributed by atoms with Gasteiger partial charge in [-0.2, -0.15) is 0 Å². The summed E-state index contributed by atoms with van der Waals surface area (Å²) < 4.78 is 1.03. The van der Waals surface area contributed by atoms with E-state index in [2.05, 4.69) is 36.4 Å². The van der Waals surface area contributed by atoms with Crippen molar-refractivity contribution in [3.8, 4) is 16.3 Å². The highest BCUT2D eigenvalue weighted by atomic mass is 79.9.